The number of nitrogens with one attached hydrogen (secondary N) is 1. The van der Waals surface area contributed by atoms with Gasteiger partial charge >= 0.3 is 12.0 Å². The SMILES string of the molecule is CCN(CCC#N)C(=O)NC(=O)CCCC(=O)O. The molecule has 0 bridgehead atoms. The molecule has 0 heterocycles. The van der Waals surface area contributed by atoms with Crippen molar-refractivity contribution in [3.63, 3.8) is 0 Å². The first-order valence-electron chi connectivity index (χ1n) is 5.68. The molecule has 7 nitrogen and oxygen atoms in total. The van der Waals surface area contributed by atoms with E-state index in [2.05, 4.69) is 5.32 Å². The zero-order valence-corrected chi connectivity index (χ0v) is 10.3. The molecule has 0 aliphatic carbocycles. The minimum Gasteiger partial charge on any atom is -0.481 e. The molecular formula is C11H17N3O4. The van der Waals surface area contributed by atoms with Crippen LogP contribution in [0.4, 0.5) is 4.79 Å². The Morgan fingerprint density at radius 1 is 1.33 bits per heavy atom. The van der Waals surface area contributed by atoms with Crippen LogP contribution in [0, 0.1) is 11.3 Å². The summed E-state index contributed by atoms with van der Waals surface area (Å²) in [6.07, 6.45) is 0.286. The number of nitriles is 1. The molecule has 0 aromatic heterocycles. The average Bonchev–Trinajstić information content (AvgIpc) is 2.29. The lowest BCUT2D eigenvalue weighted by Gasteiger charge is -2.19. The molecule has 0 saturated heterocycles. The van der Waals surface area contributed by atoms with Crippen molar-refractivity contribution < 1.29 is 19.5 Å². The molecule has 0 spiro atoms. The highest BCUT2D eigenvalue weighted by molar-refractivity contribution is 5.94. The zero-order valence-electron chi connectivity index (χ0n) is 10.3. The maximum absolute atomic E-state index is 11.6. The summed E-state index contributed by atoms with van der Waals surface area (Å²) >= 11 is 0. The molecule has 0 fully saturated rings. The zero-order chi connectivity index (χ0) is 14.0. The molecule has 0 aromatic carbocycles. The van der Waals surface area contributed by atoms with E-state index in [1.54, 1.807) is 6.92 Å². The van der Waals surface area contributed by atoms with E-state index in [1.807, 2.05) is 6.07 Å². The monoisotopic (exact) mass is 255 g/mol. The molecule has 0 atom stereocenters. The van der Waals surface area contributed by atoms with Crippen LogP contribution in [0.15, 0.2) is 0 Å². The second-order valence-corrected chi connectivity index (χ2v) is 3.59. The van der Waals surface area contributed by atoms with Crippen LogP contribution in [0.2, 0.25) is 0 Å². The number of amides is 3. The van der Waals surface area contributed by atoms with Gasteiger partial charge in [-0.2, -0.15) is 5.26 Å². The Balaban J connectivity index is 4.00. The second kappa shape index (κ2) is 8.98. The van der Waals surface area contributed by atoms with E-state index < -0.39 is 17.9 Å². The molecule has 2 N–H and O–H groups in total. The van der Waals surface area contributed by atoms with Gasteiger partial charge in [-0.15, -0.1) is 0 Å². The van der Waals surface area contributed by atoms with Gasteiger partial charge in [-0.25, -0.2) is 4.79 Å². The summed E-state index contributed by atoms with van der Waals surface area (Å²) in [5.74, 6) is -1.48. The molecule has 18 heavy (non-hydrogen) atoms. The van der Waals surface area contributed by atoms with Crippen molar-refractivity contribution in [3.8, 4) is 6.07 Å². The third-order valence-electron chi connectivity index (χ3n) is 2.20. The summed E-state index contributed by atoms with van der Waals surface area (Å²) in [7, 11) is 0. The minimum absolute atomic E-state index is 0.00611. The van der Waals surface area contributed by atoms with Crippen molar-refractivity contribution in [3.05, 3.63) is 0 Å². The van der Waals surface area contributed by atoms with Crippen LogP contribution in [0.3, 0.4) is 0 Å². The van der Waals surface area contributed by atoms with Crippen molar-refractivity contribution in [1.82, 2.24) is 10.2 Å². The van der Waals surface area contributed by atoms with Gasteiger partial charge in [0.2, 0.25) is 5.91 Å². The molecule has 0 unspecified atom stereocenters. The summed E-state index contributed by atoms with van der Waals surface area (Å²) < 4.78 is 0. The van der Waals surface area contributed by atoms with Crippen molar-refractivity contribution in [2.45, 2.75) is 32.6 Å². The van der Waals surface area contributed by atoms with Crippen molar-refractivity contribution in [2.24, 2.45) is 0 Å². The Morgan fingerprint density at radius 3 is 2.50 bits per heavy atom. The number of carbonyl (C=O) groups excluding carboxylic acids is 2. The van der Waals surface area contributed by atoms with Crippen molar-refractivity contribution >= 4 is 17.9 Å². The van der Waals surface area contributed by atoms with Gasteiger partial charge in [0, 0.05) is 25.9 Å². The number of hydrogen-bond acceptors (Lipinski definition) is 4. The van der Waals surface area contributed by atoms with E-state index >= 15 is 0 Å². The standard InChI is InChI=1S/C11H17N3O4/c1-2-14(8-4-7-12)11(18)13-9(15)5-3-6-10(16)17/h2-6,8H2,1H3,(H,16,17)(H,13,15,18). The number of urea groups is 1. The summed E-state index contributed by atoms with van der Waals surface area (Å²) in [6.45, 7) is 2.41. The molecule has 0 saturated carbocycles. The van der Waals surface area contributed by atoms with Crippen LogP contribution in [-0.2, 0) is 9.59 Å². The largest absolute Gasteiger partial charge is 0.481 e. The fourth-order valence-electron chi connectivity index (χ4n) is 1.25. The molecular weight excluding hydrogens is 238 g/mol. The summed E-state index contributed by atoms with van der Waals surface area (Å²) in [5.41, 5.74) is 0. The van der Waals surface area contributed by atoms with E-state index in [4.69, 9.17) is 10.4 Å². The number of nitrogens with zero attached hydrogens (tertiary/aromatic N) is 2. The first-order chi connectivity index (χ1) is 8.51. The topological polar surface area (TPSA) is 111 Å². The van der Waals surface area contributed by atoms with E-state index in [9.17, 15) is 14.4 Å². The lowest BCUT2D eigenvalue weighted by molar-refractivity contribution is -0.137. The van der Waals surface area contributed by atoms with Gasteiger partial charge in [-0.05, 0) is 13.3 Å². The summed E-state index contributed by atoms with van der Waals surface area (Å²) in [4.78, 5) is 34.5. The summed E-state index contributed by atoms with van der Waals surface area (Å²) in [6, 6.07) is 1.37. The molecule has 100 valence electrons. The van der Waals surface area contributed by atoms with Gasteiger partial charge in [0.05, 0.1) is 12.5 Å². The smallest absolute Gasteiger partial charge is 0.324 e. The Kier molecular flexibility index (Phi) is 7.94. The predicted molar refractivity (Wildman–Crippen MR) is 62.5 cm³/mol. The lowest BCUT2D eigenvalue weighted by Crippen LogP contribution is -2.43. The number of hydrogen-bond donors (Lipinski definition) is 2. The van der Waals surface area contributed by atoms with Gasteiger partial charge in [0.1, 0.15) is 0 Å². The quantitative estimate of drug-likeness (QED) is 0.696. The van der Waals surface area contributed by atoms with Crippen LogP contribution >= 0.6 is 0 Å². The van der Waals surface area contributed by atoms with E-state index in [-0.39, 0.29) is 32.2 Å². The van der Waals surface area contributed by atoms with Gasteiger partial charge in [0.15, 0.2) is 0 Å². The van der Waals surface area contributed by atoms with Crippen LogP contribution in [0.1, 0.15) is 32.6 Å². The first-order valence-corrected chi connectivity index (χ1v) is 5.68. The second-order valence-electron chi connectivity index (χ2n) is 3.59. The van der Waals surface area contributed by atoms with Crippen molar-refractivity contribution in [1.29, 1.82) is 5.26 Å². The number of carbonyl (C=O) groups is 3. The molecule has 0 aliphatic rings. The molecule has 7 heteroatoms. The molecule has 0 radical (unpaired) electrons. The number of carboxylic acids is 1. The third-order valence-corrected chi connectivity index (χ3v) is 2.20. The maximum atomic E-state index is 11.6. The van der Waals surface area contributed by atoms with E-state index in [0.29, 0.717) is 6.54 Å². The van der Waals surface area contributed by atoms with Crippen LogP contribution < -0.4 is 5.32 Å². The highest BCUT2D eigenvalue weighted by Crippen LogP contribution is 1.97. The lowest BCUT2D eigenvalue weighted by atomic mass is 10.2. The summed E-state index contributed by atoms with van der Waals surface area (Å²) in [5, 5.41) is 19.0. The predicted octanol–water partition coefficient (Wildman–Crippen LogP) is 0.713. The minimum atomic E-state index is -0.974. The van der Waals surface area contributed by atoms with Crippen LogP contribution in [0.5, 0.6) is 0 Å². The van der Waals surface area contributed by atoms with Gasteiger partial charge in [0.25, 0.3) is 0 Å². The highest BCUT2D eigenvalue weighted by atomic mass is 16.4. The number of imide groups is 1. The first kappa shape index (κ1) is 15.9. The Labute approximate surface area is 105 Å². The molecule has 3 amide bonds. The van der Waals surface area contributed by atoms with Crippen LogP contribution in [0.25, 0.3) is 0 Å². The number of aliphatic carboxylic acids is 1. The number of rotatable bonds is 7. The van der Waals surface area contributed by atoms with Crippen molar-refractivity contribution in [2.75, 3.05) is 13.1 Å². The fourth-order valence-corrected chi connectivity index (χ4v) is 1.25. The van der Waals surface area contributed by atoms with Gasteiger partial charge in [-0.3, -0.25) is 14.9 Å². The number of carboxylic acid groups (broad SMARTS) is 1. The third kappa shape index (κ3) is 7.22. The van der Waals surface area contributed by atoms with E-state index in [1.165, 1.54) is 4.90 Å². The average molecular weight is 255 g/mol. The normalized spacial score (nSPS) is 9.33. The Bertz CT molecular complexity index is 349. The Morgan fingerprint density at radius 2 is 2.00 bits per heavy atom. The van der Waals surface area contributed by atoms with Gasteiger partial charge < -0.3 is 10.0 Å². The molecule has 0 rings (SSSR count). The Hall–Kier alpha value is -2.10. The highest BCUT2D eigenvalue weighted by Gasteiger charge is 2.14. The fraction of sp³-hybridized carbons (Fsp3) is 0.636. The van der Waals surface area contributed by atoms with Crippen LogP contribution in [-0.4, -0.2) is 41.0 Å². The molecule has 0 aromatic rings. The van der Waals surface area contributed by atoms with E-state index in [0.717, 1.165) is 0 Å². The maximum Gasteiger partial charge on any atom is 0.324 e. The molecule has 0 aliphatic heterocycles. The van der Waals surface area contributed by atoms with Gasteiger partial charge in [-0.1, -0.05) is 0 Å².